The second kappa shape index (κ2) is 6.08. The van der Waals surface area contributed by atoms with E-state index in [2.05, 4.69) is 40.7 Å². The number of hydrogen-bond acceptors (Lipinski definition) is 1. The van der Waals surface area contributed by atoms with Gasteiger partial charge >= 0.3 is 5.97 Å². The number of rotatable bonds is 4. The third-order valence-electron chi connectivity index (χ3n) is 5.76. The summed E-state index contributed by atoms with van der Waals surface area (Å²) in [6, 6.07) is 8.57. The summed E-state index contributed by atoms with van der Waals surface area (Å²) in [6.45, 7) is 4.45. The molecule has 2 aromatic rings. The average Bonchev–Trinajstić information content (AvgIpc) is 2.98. The normalized spacial score (nSPS) is 23.2. The molecule has 4 rings (SSSR count). The molecule has 0 bridgehead atoms. The molecule has 1 aromatic heterocycles. The maximum atomic E-state index is 11.1. The molecule has 2 atom stereocenters. The topological polar surface area (TPSA) is 56.1 Å². The van der Waals surface area contributed by atoms with Crippen LogP contribution in [0.3, 0.4) is 0 Å². The molecule has 4 heteroatoms. The van der Waals surface area contributed by atoms with Crippen LogP contribution in [0.1, 0.15) is 56.2 Å². The van der Waals surface area contributed by atoms with Crippen LogP contribution in [0.25, 0.3) is 10.9 Å². The molecule has 0 radical (unpaired) electrons. The van der Waals surface area contributed by atoms with Gasteiger partial charge in [0, 0.05) is 41.1 Å². The molecule has 1 aromatic carbocycles. The number of benzene rings is 1. The van der Waals surface area contributed by atoms with Crippen molar-refractivity contribution in [3.63, 3.8) is 0 Å². The van der Waals surface area contributed by atoms with Crippen LogP contribution in [-0.4, -0.2) is 39.4 Å². The van der Waals surface area contributed by atoms with E-state index in [9.17, 15) is 4.79 Å². The highest BCUT2D eigenvalue weighted by molar-refractivity contribution is 6.05. The Morgan fingerprint density at radius 1 is 1.33 bits per heavy atom. The molecule has 24 heavy (non-hydrogen) atoms. The van der Waals surface area contributed by atoms with Crippen LogP contribution >= 0.6 is 0 Å². The van der Waals surface area contributed by atoms with Crippen molar-refractivity contribution in [2.75, 3.05) is 13.1 Å². The predicted molar refractivity (Wildman–Crippen MR) is 95.0 cm³/mol. The molecular formula is C20H25N2O2+. The van der Waals surface area contributed by atoms with Crippen LogP contribution in [0.2, 0.25) is 0 Å². The lowest BCUT2D eigenvalue weighted by Gasteiger charge is -2.29. The van der Waals surface area contributed by atoms with Crippen molar-refractivity contribution < 1.29 is 14.5 Å². The first-order valence-corrected chi connectivity index (χ1v) is 9.13. The maximum Gasteiger partial charge on any atom is 0.303 e. The molecule has 2 aliphatic rings. The molecule has 4 nitrogen and oxygen atoms in total. The zero-order valence-electron chi connectivity index (χ0n) is 14.2. The van der Waals surface area contributed by atoms with E-state index in [-0.39, 0.29) is 6.42 Å². The Labute approximate surface area is 142 Å². The Bertz CT molecular complexity index is 818. The number of carboxylic acid groups (broad SMARTS) is 1. The number of para-hydroxylation sites is 1. The van der Waals surface area contributed by atoms with Gasteiger partial charge in [0.2, 0.25) is 5.71 Å². The largest absolute Gasteiger partial charge is 0.481 e. The summed E-state index contributed by atoms with van der Waals surface area (Å²) in [5.74, 6) is 0.226. The maximum absolute atomic E-state index is 11.1. The van der Waals surface area contributed by atoms with Crippen molar-refractivity contribution in [2.45, 2.75) is 44.9 Å². The van der Waals surface area contributed by atoms with E-state index in [0.29, 0.717) is 11.8 Å². The summed E-state index contributed by atoms with van der Waals surface area (Å²) in [6.07, 6.45) is 4.41. The zero-order chi connectivity index (χ0) is 16.7. The SMILES string of the molecule is CCC1C[N+]2=C(c3[nH]c4ccccc4c31)[C@H](CCC(=O)O)CCC2. The predicted octanol–water partition coefficient (Wildman–Crippen LogP) is 3.75. The number of nitrogens with zero attached hydrogens (tertiary/aromatic N) is 1. The van der Waals surface area contributed by atoms with Gasteiger partial charge in [0.1, 0.15) is 18.8 Å². The van der Waals surface area contributed by atoms with E-state index in [1.807, 2.05) is 0 Å². The van der Waals surface area contributed by atoms with E-state index in [4.69, 9.17) is 5.11 Å². The van der Waals surface area contributed by atoms with Gasteiger partial charge in [-0.3, -0.25) is 4.79 Å². The lowest BCUT2D eigenvalue weighted by Crippen LogP contribution is -2.40. The van der Waals surface area contributed by atoms with Crippen LogP contribution in [0.4, 0.5) is 0 Å². The van der Waals surface area contributed by atoms with Crippen LogP contribution in [0.5, 0.6) is 0 Å². The molecule has 126 valence electrons. The number of carboxylic acids is 1. The summed E-state index contributed by atoms with van der Waals surface area (Å²) in [7, 11) is 0. The van der Waals surface area contributed by atoms with Crippen molar-refractivity contribution in [2.24, 2.45) is 5.92 Å². The first-order chi connectivity index (χ1) is 11.7. The Morgan fingerprint density at radius 3 is 2.96 bits per heavy atom. The second-order valence-corrected chi connectivity index (χ2v) is 7.17. The standard InChI is InChI=1S/C20H24N2O2/c1-2-13-12-22-11-5-6-14(9-10-17(23)24)20(22)19-18(13)15-7-3-4-8-16(15)21-19/h3-4,7-8,13-14H,2,5-6,9-12H2,1H3,(H,23,24)/p+1/t13?,14-/m0/s1. The highest BCUT2D eigenvalue weighted by atomic mass is 16.4. The number of H-pyrrole nitrogens is 1. The summed E-state index contributed by atoms with van der Waals surface area (Å²) >= 11 is 0. The minimum Gasteiger partial charge on any atom is -0.481 e. The molecule has 0 spiro atoms. The second-order valence-electron chi connectivity index (χ2n) is 7.17. The van der Waals surface area contributed by atoms with Gasteiger partial charge in [0.05, 0.1) is 0 Å². The van der Waals surface area contributed by atoms with Gasteiger partial charge in [-0.15, -0.1) is 0 Å². The van der Waals surface area contributed by atoms with Crippen molar-refractivity contribution in [3.8, 4) is 0 Å². The number of fused-ring (bicyclic) bond motifs is 4. The minimum absolute atomic E-state index is 0.259. The molecule has 3 heterocycles. The molecule has 0 saturated carbocycles. The van der Waals surface area contributed by atoms with Crippen LogP contribution in [-0.2, 0) is 4.79 Å². The number of aliphatic carboxylic acids is 1. The van der Waals surface area contributed by atoms with Crippen LogP contribution in [0, 0.1) is 5.92 Å². The molecule has 1 unspecified atom stereocenters. The lowest BCUT2D eigenvalue weighted by atomic mass is 9.80. The Hall–Kier alpha value is -2.10. The summed E-state index contributed by atoms with van der Waals surface area (Å²) in [5.41, 5.74) is 5.32. The Balaban J connectivity index is 1.84. The molecule has 0 fully saturated rings. The van der Waals surface area contributed by atoms with Crippen molar-refractivity contribution >= 4 is 22.6 Å². The fraction of sp³-hybridized carbons (Fsp3) is 0.500. The minimum atomic E-state index is -0.688. The molecule has 0 amide bonds. The van der Waals surface area contributed by atoms with Gasteiger partial charge in [-0.1, -0.05) is 25.1 Å². The van der Waals surface area contributed by atoms with Crippen LogP contribution < -0.4 is 0 Å². The monoisotopic (exact) mass is 325 g/mol. The van der Waals surface area contributed by atoms with Crippen molar-refractivity contribution in [3.05, 3.63) is 35.5 Å². The van der Waals surface area contributed by atoms with E-state index in [0.717, 1.165) is 32.4 Å². The summed E-state index contributed by atoms with van der Waals surface area (Å²) in [4.78, 5) is 14.7. The summed E-state index contributed by atoms with van der Waals surface area (Å²) < 4.78 is 2.53. The van der Waals surface area contributed by atoms with E-state index < -0.39 is 5.97 Å². The third kappa shape index (κ3) is 2.45. The molecule has 2 aliphatic heterocycles. The van der Waals surface area contributed by atoms with Crippen LogP contribution in [0.15, 0.2) is 24.3 Å². The highest BCUT2D eigenvalue weighted by Crippen LogP contribution is 2.38. The third-order valence-corrected chi connectivity index (χ3v) is 5.76. The fourth-order valence-corrected chi connectivity index (χ4v) is 4.65. The first kappa shape index (κ1) is 15.4. The summed E-state index contributed by atoms with van der Waals surface area (Å²) in [5, 5.41) is 10.4. The van der Waals surface area contributed by atoms with Gasteiger partial charge in [0.15, 0.2) is 0 Å². The quantitative estimate of drug-likeness (QED) is 0.841. The molecule has 0 aliphatic carbocycles. The first-order valence-electron chi connectivity index (χ1n) is 9.13. The fourth-order valence-electron chi connectivity index (χ4n) is 4.65. The number of hydrogen-bond donors (Lipinski definition) is 2. The number of aromatic amines is 1. The number of nitrogens with one attached hydrogen (secondary N) is 1. The number of carbonyl (C=O) groups is 1. The molecular weight excluding hydrogens is 300 g/mol. The van der Waals surface area contributed by atoms with Gasteiger partial charge in [-0.05, 0) is 25.3 Å². The average molecular weight is 325 g/mol. The van der Waals surface area contributed by atoms with E-state index in [1.54, 1.807) is 0 Å². The Kier molecular flexibility index (Phi) is 3.91. The van der Waals surface area contributed by atoms with Gasteiger partial charge in [0.25, 0.3) is 0 Å². The Morgan fingerprint density at radius 2 is 2.17 bits per heavy atom. The smallest absolute Gasteiger partial charge is 0.303 e. The number of aromatic nitrogens is 1. The zero-order valence-corrected chi connectivity index (χ0v) is 14.2. The van der Waals surface area contributed by atoms with Crippen molar-refractivity contribution in [1.82, 2.24) is 4.98 Å². The highest BCUT2D eigenvalue weighted by Gasteiger charge is 2.40. The van der Waals surface area contributed by atoms with E-state index >= 15 is 0 Å². The van der Waals surface area contributed by atoms with E-state index in [1.165, 1.54) is 34.3 Å². The van der Waals surface area contributed by atoms with Gasteiger partial charge in [-0.2, -0.15) is 0 Å². The molecule has 0 saturated heterocycles. The van der Waals surface area contributed by atoms with Gasteiger partial charge in [-0.25, -0.2) is 4.58 Å². The van der Waals surface area contributed by atoms with Gasteiger partial charge < -0.3 is 10.1 Å². The molecule has 2 N–H and O–H groups in total. The lowest BCUT2D eigenvalue weighted by molar-refractivity contribution is -0.539. The van der Waals surface area contributed by atoms with Crippen molar-refractivity contribution in [1.29, 1.82) is 0 Å².